The molecule has 0 fully saturated rings. The molecule has 2 aromatic rings. The number of rotatable bonds is 4. The lowest BCUT2D eigenvalue weighted by atomic mass is 10.1. The minimum Gasteiger partial charge on any atom is -0.495 e. The van der Waals surface area contributed by atoms with Crippen LogP contribution in [0.2, 0.25) is 0 Å². The highest BCUT2D eigenvalue weighted by molar-refractivity contribution is 9.10. The van der Waals surface area contributed by atoms with Gasteiger partial charge in [0.05, 0.1) is 7.11 Å². The van der Waals surface area contributed by atoms with Crippen molar-refractivity contribution in [3.8, 4) is 5.75 Å². The molecule has 0 saturated carbocycles. The first-order valence-corrected chi connectivity index (χ1v) is 7.63. The number of carbonyl (C=O) groups excluding carboxylic acids is 1. The monoisotopic (exact) mass is 376 g/mol. The lowest BCUT2D eigenvalue weighted by Crippen LogP contribution is -2.35. The first kappa shape index (κ1) is 15.5. The average molecular weight is 377 g/mol. The van der Waals surface area contributed by atoms with E-state index in [1.807, 2.05) is 12.1 Å². The van der Waals surface area contributed by atoms with Crippen LogP contribution in [0.3, 0.4) is 0 Å². The van der Waals surface area contributed by atoms with Gasteiger partial charge in [-0.15, -0.1) is 0 Å². The molecule has 7 heteroatoms. The Balaban J connectivity index is 2.04. The topological polar surface area (TPSA) is 79.7 Å². The minimum absolute atomic E-state index is 0.211. The van der Waals surface area contributed by atoms with Crippen molar-refractivity contribution in [2.24, 2.45) is 0 Å². The van der Waals surface area contributed by atoms with Crippen LogP contribution in [-0.4, -0.2) is 34.0 Å². The predicted octanol–water partition coefficient (Wildman–Crippen LogP) is 2.63. The summed E-state index contributed by atoms with van der Waals surface area (Å²) in [6, 6.07) is 7.41. The van der Waals surface area contributed by atoms with Crippen molar-refractivity contribution >= 4 is 27.8 Å². The van der Waals surface area contributed by atoms with Crippen LogP contribution in [0.1, 0.15) is 27.7 Å². The maximum atomic E-state index is 12.6. The van der Waals surface area contributed by atoms with E-state index < -0.39 is 12.0 Å². The SMILES string of the molecule is COc1cccnc1C(C(=O)O)N1Cc2ccc(Br)cc2C1=O. The first-order valence-electron chi connectivity index (χ1n) is 6.84. The number of benzene rings is 1. The molecule has 0 spiro atoms. The van der Waals surface area contributed by atoms with E-state index in [-0.39, 0.29) is 18.1 Å². The molecule has 1 aliphatic rings. The third-order valence-corrected chi connectivity index (χ3v) is 4.22. The number of carboxylic acids is 1. The van der Waals surface area contributed by atoms with Crippen LogP contribution in [0, 0.1) is 0 Å². The Labute approximate surface area is 140 Å². The van der Waals surface area contributed by atoms with E-state index in [2.05, 4.69) is 20.9 Å². The van der Waals surface area contributed by atoms with Crippen LogP contribution < -0.4 is 4.74 Å². The van der Waals surface area contributed by atoms with Gasteiger partial charge < -0.3 is 14.7 Å². The summed E-state index contributed by atoms with van der Waals surface area (Å²) in [6.07, 6.45) is 1.48. The molecule has 2 heterocycles. The molecule has 1 unspecified atom stereocenters. The molecule has 0 saturated heterocycles. The Bertz CT molecular complexity index is 793. The van der Waals surface area contributed by atoms with E-state index >= 15 is 0 Å². The standard InChI is InChI=1S/C16H13BrN2O4/c1-23-12-3-2-6-18-13(12)14(16(21)22)19-8-9-4-5-10(17)7-11(9)15(19)20/h2-7,14H,8H2,1H3,(H,21,22). The van der Waals surface area contributed by atoms with Gasteiger partial charge in [0.25, 0.3) is 5.91 Å². The number of carbonyl (C=O) groups is 2. The van der Waals surface area contributed by atoms with E-state index in [1.165, 1.54) is 18.2 Å². The van der Waals surface area contributed by atoms with E-state index in [0.29, 0.717) is 11.3 Å². The van der Waals surface area contributed by atoms with Crippen molar-refractivity contribution in [1.82, 2.24) is 9.88 Å². The van der Waals surface area contributed by atoms with Gasteiger partial charge in [0.2, 0.25) is 0 Å². The molecule has 6 nitrogen and oxygen atoms in total. The molecule has 118 valence electrons. The fourth-order valence-electron chi connectivity index (χ4n) is 2.68. The summed E-state index contributed by atoms with van der Waals surface area (Å²) < 4.78 is 5.97. The fraction of sp³-hybridized carbons (Fsp3) is 0.188. The minimum atomic E-state index is -1.20. The normalized spacial score (nSPS) is 14.5. The molecule has 1 atom stereocenters. The van der Waals surface area contributed by atoms with E-state index in [9.17, 15) is 14.7 Å². The summed E-state index contributed by atoms with van der Waals surface area (Å²) in [6.45, 7) is 0.220. The molecule has 3 rings (SSSR count). The zero-order chi connectivity index (χ0) is 16.6. The number of nitrogens with zero attached hydrogens (tertiary/aromatic N) is 2. The molecular weight excluding hydrogens is 364 g/mol. The van der Waals surface area contributed by atoms with E-state index in [4.69, 9.17) is 4.74 Å². The number of aromatic nitrogens is 1. The van der Waals surface area contributed by atoms with Gasteiger partial charge in [0, 0.05) is 22.8 Å². The van der Waals surface area contributed by atoms with Crippen LogP contribution >= 0.6 is 15.9 Å². The number of ether oxygens (including phenoxy) is 1. The summed E-state index contributed by atoms with van der Waals surface area (Å²) in [7, 11) is 1.44. The largest absolute Gasteiger partial charge is 0.495 e. The van der Waals surface area contributed by atoms with Crippen molar-refractivity contribution in [2.75, 3.05) is 7.11 Å². The highest BCUT2D eigenvalue weighted by Crippen LogP contribution is 2.35. The van der Waals surface area contributed by atoms with Gasteiger partial charge in [-0.05, 0) is 29.8 Å². The number of carboxylic acid groups (broad SMARTS) is 1. The molecule has 0 aliphatic carbocycles. The number of hydrogen-bond donors (Lipinski definition) is 1. The molecule has 1 amide bonds. The Morgan fingerprint density at radius 1 is 1.43 bits per heavy atom. The quantitative estimate of drug-likeness (QED) is 0.886. The van der Waals surface area contributed by atoms with Gasteiger partial charge in [-0.25, -0.2) is 4.79 Å². The predicted molar refractivity (Wildman–Crippen MR) is 85.2 cm³/mol. The van der Waals surface area contributed by atoms with E-state index in [1.54, 1.807) is 18.2 Å². The van der Waals surface area contributed by atoms with Gasteiger partial charge in [-0.1, -0.05) is 22.0 Å². The molecule has 1 aliphatic heterocycles. The number of amides is 1. The number of hydrogen-bond acceptors (Lipinski definition) is 4. The molecule has 1 N–H and O–H groups in total. The highest BCUT2D eigenvalue weighted by atomic mass is 79.9. The summed E-state index contributed by atoms with van der Waals surface area (Å²) in [5, 5.41) is 9.66. The molecule has 1 aromatic heterocycles. The van der Waals surface area contributed by atoms with Crippen LogP contribution in [0.4, 0.5) is 0 Å². The van der Waals surface area contributed by atoms with Crippen molar-refractivity contribution in [3.63, 3.8) is 0 Å². The third kappa shape index (κ3) is 2.68. The van der Waals surface area contributed by atoms with Crippen molar-refractivity contribution in [2.45, 2.75) is 12.6 Å². The average Bonchev–Trinajstić information content (AvgIpc) is 2.84. The maximum Gasteiger partial charge on any atom is 0.332 e. The second kappa shape index (κ2) is 6.00. The number of methoxy groups -OCH3 is 1. The third-order valence-electron chi connectivity index (χ3n) is 3.73. The number of fused-ring (bicyclic) bond motifs is 1. The molecular formula is C16H13BrN2O4. The molecule has 0 radical (unpaired) electrons. The Morgan fingerprint density at radius 3 is 2.91 bits per heavy atom. The number of pyridine rings is 1. The van der Waals surface area contributed by atoms with Gasteiger partial charge in [0.15, 0.2) is 6.04 Å². The van der Waals surface area contributed by atoms with E-state index in [0.717, 1.165) is 10.0 Å². The fourth-order valence-corrected chi connectivity index (χ4v) is 3.04. The Kier molecular flexibility index (Phi) is 4.04. The molecule has 0 bridgehead atoms. The van der Waals surface area contributed by atoms with Gasteiger partial charge in [0.1, 0.15) is 11.4 Å². The lowest BCUT2D eigenvalue weighted by molar-refractivity contribution is -0.142. The number of aliphatic carboxylic acids is 1. The van der Waals surface area contributed by atoms with Crippen LogP contribution in [0.5, 0.6) is 5.75 Å². The van der Waals surface area contributed by atoms with Crippen molar-refractivity contribution < 1.29 is 19.4 Å². The van der Waals surface area contributed by atoms with Gasteiger partial charge >= 0.3 is 5.97 Å². The van der Waals surface area contributed by atoms with Gasteiger partial charge in [-0.2, -0.15) is 0 Å². The molecule has 23 heavy (non-hydrogen) atoms. The van der Waals surface area contributed by atoms with Crippen LogP contribution in [0.25, 0.3) is 0 Å². The summed E-state index contributed by atoms with van der Waals surface area (Å²) >= 11 is 3.33. The lowest BCUT2D eigenvalue weighted by Gasteiger charge is -2.24. The summed E-state index contributed by atoms with van der Waals surface area (Å²) in [4.78, 5) is 29.9. The van der Waals surface area contributed by atoms with Crippen LogP contribution in [0.15, 0.2) is 41.0 Å². The highest BCUT2D eigenvalue weighted by Gasteiger charge is 2.39. The van der Waals surface area contributed by atoms with Crippen LogP contribution in [-0.2, 0) is 11.3 Å². The second-order valence-corrected chi connectivity index (χ2v) is 5.98. The second-order valence-electron chi connectivity index (χ2n) is 5.07. The summed E-state index contributed by atoms with van der Waals surface area (Å²) in [5.41, 5.74) is 1.50. The number of halogens is 1. The maximum absolute atomic E-state index is 12.6. The Hall–Kier alpha value is -2.41. The van der Waals surface area contributed by atoms with Crippen molar-refractivity contribution in [1.29, 1.82) is 0 Å². The zero-order valence-corrected chi connectivity index (χ0v) is 13.8. The summed E-state index contributed by atoms with van der Waals surface area (Å²) in [5.74, 6) is -1.14. The van der Waals surface area contributed by atoms with Crippen molar-refractivity contribution in [3.05, 3.63) is 57.8 Å². The molecule has 1 aromatic carbocycles. The first-order chi connectivity index (χ1) is 11.0. The van der Waals surface area contributed by atoms with Gasteiger partial charge in [-0.3, -0.25) is 9.78 Å². The smallest absolute Gasteiger partial charge is 0.332 e. The zero-order valence-electron chi connectivity index (χ0n) is 12.2. The Morgan fingerprint density at radius 2 is 2.22 bits per heavy atom.